The molecular weight excluding hydrogens is 166 g/mol. The zero-order valence-electron chi connectivity index (χ0n) is 9.03. The zero-order chi connectivity index (χ0) is 10.3. The number of aliphatic hydroxyl groups excluding tert-OH is 1. The predicted octanol–water partition coefficient (Wildman–Crippen LogP) is -0.810. The molecule has 0 radical (unpaired) electrons. The van der Waals surface area contributed by atoms with Crippen molar-refractivity contribution in [3.8, 4) is 0 Å². The molecule has 0 aliphatic rings. The molecule has 0 heterocycles. The van der Waals surface area contributed by atoms with Gasteiger partial charge in [0, 0.05) is 19.1 Å². The summed E-state index contributed by atoms with van der Waals surface area (Å²) in [6, 6.07) is -0.0678. The Morgan fingerprint density at radius 2 is 1.77 bits per heavy atom. The molecule has 0 bridgehead atoms. The molecule has 0 aromatic carbocycles. The highest BCUT2D eigenvalue weighted by Gasteiger charge is 2.03. The smallest absolute Gasteiger partial charge is 0.0583 e. The van der Waals surface area contributed by atoms with Crippen molar-refractivity contribution in [1.29, 1.82) is 0 Å². The van der Waals surface area contributed by atoms with Crippen LogP contribution in [0.15, 0.2) is 0 Å². The van der Waals surface area contributed by atoms with E-state index in [1.54, 1.807) is 0 Å². The topological polar surface area (TPSA) is 52.7 Å². The second-order valence-electron chi connectivity index (χ2n) is 3.84. The van der Waals surface area contributed by atoms with Gasteiger partial charge < -0.3 is 20.6 Å². The van der Waals surface area contributed by atoms with Gasteiger partial charge in [0.15, 0.2) is 0 Å². The first-order chi connectivity index (χ1) is 6.06. The van der Waals surface area contributed by atoms with Crippen molar-refractivity contribution < 1.29 is 5.11 Å². The quantitative estimate of drug-likeness (QED) is 0.550. The van der Waals surface area contributed by atoms with Crippen LogP contribution in [0.3, 0.4) is 0 Å². The second kappa shape index (κ2) is 7.26. The second-order valence-corrected chi connectivity index (χ2v) is 3.84. The van der Waals surface area contributed by atoms with E-state index in [1.807, 2.05) is 0 Å². The minimum Gasteiger partial charge on any atom is -0.395 e. The van der Waals surface area contributed by atoms with Crippen LogP contribution in [-0.4, -0.2) is 68.3 Å². The summed E-state index contributed by atoms with van der Waals surface area (Å²) in [4.78, 5) is 4.39. The Hall–Kier alpha value is -0.160. The van der Waals surface area contributed by atoms with Gasteiger partial charge in [0.05, 0.1) is 6.61 Å². The van der Waals surface area contributed by atoms with Crippen LogP contribution in [0.1, 0.15) is 6.42 Å². The molecule has 4 heteroatoms. The summed E-state index contributed by atoms with van der Waals surface area (Å²) in [7, 11) is 6.20. The molecule has 3 N–H and O–H groups in total. The van der Waals surface area contributed by atoms with E-state index in [4.69, 9.17) is 10.8 Å². The number of hydrogen-bond donors (Lipinski definition) is 2. The minimum absolute atomic E-state index is 0.0678. The van der Waals surface area contributed by atoms with E-state index in [0.29, 0.717) is 0 Å². The molecular formula is C9H23N3O. The van der Waals surface area contributed by atoms with Crippen LogP contribution in [0.5, 0.6) is 0 Å². The average Bonchev–Trinajstić information content (AvgIpc) is 2.10. The number of hydrogen-bond acceptors (Lipinski definition) is 4. The molecule has 0 rings (SSSR count). The van der Waals surface area contributed by atoms with Crippen LogP contribution in [0.4, 0.5) is 0 Å². The van der Waals surface area contributed by atoms with Crippen LogP contribution in [-0.2, 0) is 0 Å². The van der Waals surface area contributed by atoms with Gasteiger partial charge in [-0.05, 0) is 34.1 Å². The van der Waals surface area contributed by atoms with E-state index in [1.165, 1.54) is 0 Å². The fraction of sp³-hybridized carbons (Fsp3) is 1.00. The Morgan fingerprint density at radius 3 is 2.23 bits per heavy atom. The van der Waals surface area contributed by atoms with Gasteiger partial charge in [0.1, 0.15) is 0 Å². The van der Waals surface area contributed by atoms with Gasteiger partial charge in [-0.25, -0.2) is 0 Å². The Balaban J connectivity index is 3.34. The van der Waals surface area contributed by atoms with Crippen LogP contribution >= 0.6 is 0 Å². The fourth-order valence-corrected chi connectivity index (χ4v) is 0.960. The summed E-state index contributed by atoms with van der Waals surface area (Å²) in [6.45, 7) is 3.15. The van der Waals surface area contributed by atoms with Crippen LogP contribution < -0.4 is 5.73 Å². The molecule has 0 fully saturated rings. The summed E-state index contributed by atoms with van der Waals surface area (Å²) < 4.78 is 0. The lowest BCUT2D eigenvalue weighted by molar-refractivity contribution is 0.231. The van der Waals surface area contributed by atoms with Crippen LogP contribution in [0, 0.1) is 0 Å². The van der Waals surface area contributed by atoms with E-state index < -0.39 is 0 Å². The van der Waals surface area contributed by atoms with Gasteiger partial charge in [-0.2, -0.15) is 0 Å². The van der Waals surface area contributed by atoms with Crippen LogP contribution in [0.2, 0.25) is 0 Å². The minimum atomic E-state index is -0.0678. The van der Waals surface area contributed by atoms with E-state index in [0.717, 1.165) is 26.1 Å². The van der Waals surface area contributed by atoms with Crippen LogP contribution in [0.25, 0.3) is 0 Å². The first-order valence-electron chi connectivity index (χ1n) is 4.76. The maximum Gasteiger partial charge on any atom is 0.0583 e. The zero-order valence-corrected chi connectivity index (χ0v) is 9.03. The molecule has 13 heavy (non-hydrogen) atoms. The van der Waals surface area contributed by atoms with Gasteiger partial charge in [-0.1, -0.05) is 0 Å². The monoisotopic (exact) mass is 189 g/mol. The van der Waals surface area contributed by atoms with Crippen molar-refractivity contribution >= 4 is 0 Å². The maximum absolute atomic E-state index is 8.71. The average molecular weight is 189 g/mol. The van der Waals surface area contributed by atoms with E-state index in [-0.39, 0.29) is 12.6 Å². The first kappa shape index (κ1) is 12.8. The van der Waals surface area contributed by atoms with Gasteiger partial charge in [-0.15, -0.1) is 0 Å². The third kappa shape index (κ3) is 8.18. The maximum atomic E-state index is 8.71. The van der Waals surface area contributed by atoms with E-state index >= 15 is 0 Å². The summed E-state index contributed by atoms with van der Waals surface area (Å²) in [6.07, 6.45) is 0.862. The number of likely N-dealkylation sites (N-methyl/N-ethyl adjacent to an activating group) is 2. The molecule has 0 aliphatic carbocycles. The highest BCUT2D eigenvalue weighted by atomic mass is 16.3. The fourth-order valence-electron chi connectivity index (χ4n) is 0.960. The summed E-state index contributed by atoms with van der Waals surface area (Å²) in [5.74, 6) is 0. The highest BCUT2D eigenvalue weighted by molar-refractivity contribution is 4.62. The molecule has 80 valence electrons. The van der Waals surface area contributed by atoms with Crippen molar-refractivity contribution in [2.45, 2.75) is 12.5 Å². The van der Waals surface area contributed by atoms with Gasteiger partial charge in [0.2, 0.25) is 0 Å². The standard InChI is InChI=1S/C9H23N3O/c1-11(2)6-7-12(3)5-4-9(10)8-13/h9,13H,4-8,10H2,1-3H3. The lowest BCUT2D eigenvalue weighted by Gasteiger charge is -2.20. The molecule has 0 aromatic heterocycles. The Bertz CT molecular complexity index is 119. The van der Waals surface area contributed by atoms with Gasteiger partial charge >= 0.3 is 0 Å². The third-order valence-electron chi connectivity index (χ3n) is 2.05. The first-order valence-corrected chi connectivity index (χ1v) is 4.76. The largest absolute Gasteiger partial charge is 0.395 e. The number of aliphatic hydroxyl groups is 1. The molecule has 0 aromatic rings. The third-order valence-corrected chi connectivity index (χ3v) is 2.05. The van der Waals surface area contributed by atoms with Gasteiger partial charge in [0.25, 0.3) is 0 Å². The molecule has 0 amide bonds. The summed E-state index contributed by atoms with van der Waals surface area (Å²) >= 11 is 0. The molecule has 0 spiro atoms. The Morgan fingerprint density at radius 1 is 1.15 bits per heavy atom. The lowest BCUT2D eigenvalue weighted by Crippen LogP contribution is -2.34. The normalized spacial score (nSPS) is 14.1. The van der Waals surface area contributed by atoms with E-state index in [2.05, 4.69) is 30.9 Å². The number of rotatable bonds is 7. The molecule has 0 saturated heterocycles. The van der Waals surface area contributed by atoms with Crippen molar-refractivity contribution in [3.05, 3.63) is 0 Å². The van der Waals surface area contributed by atoms with Crippen molar-refractivity contribution in [2.24, 2.45) is 5.73 Å². The highest BCUT2D eigenvalue weighted by Crippen LogP contribution is 1.91. The SMILES string of the molecule is CN(C)CCN(C)CCC(N)CO. The summed E-state index contributed by atoms with van der Waals surface area (Å²) in [5, 5.41) is 8.71. The molecule has 4 nitrogen and oxygen atoms in total. The molecule has 1 unspecified atom stereocenters. The number of nitrogens with zero attached hydrogens (tertiary/aromatic N) is 2. The Labute approximate surface area is 81.3 Å². The van der Waals surface area contributed by atoms with Gasteiger partial charge in [-0.3, -0.25) is 0 Å². The predicted molar refractivity (Wildman–Crippen MR) is 55.7 cm³/mol. The summed E-state index contributed by atoms with van der Waals surface area (Å²) in [5.41, 5.74) is 5.59. The lowest BCUT2D eigenvalue weighted by atomic mass is 10.2. The van der Waals surface area contributed by atoms with Crippen molar-refractivity contribution in [1.82, 2.24) is 9.80 Å². The van der Waals surface area contributed by atoms with Crippen molar-refractivity contribution in [2.75, 3.05) is 47.4 Å². The molecule has 0 aliphatic heterocycles. The van der Waals surface area contributed by atoms with Crippen molar-refractivity contribution in [3.63, 3.8) is 0 Å². The Kier molecular flexibility index (Phi) is 7.17. The molecule has 0 saturated carbocycles. The van der Waals surface area contributed by atoms with E-state index in [9.17, 15) is 0 Å². The molecule has 1 atom stereocenters. The number of nitrogens with two attached hydrogens (primary N) is 1.